The Kier molecular flexibility index (Phi) is 8.12. The van der Waals surface area contributed by atoms with Gasteiger partial charge in [-0.25, -0.2) is 0 Å². The molecule has 2 aromatic carbocycles. The zero-order chi connectivity index (χ0) is 17.2. The fraction of sp³-hybridized carbons (Fsp3) is 0.429. The second kappa shape index (κ2) is 10.4. The molecule has 2 aromatic rings. The van der Waals surface area contributed by atoms with E-state index < -0.39 is 0 Å². The van der Waals surface area contributed by atoms with Gasteiger partial charge in [0.1, 0.15) is 11.5 Å². The molecule has 3 heteroatoms. The van der Waals surface area contributed by atoms with Gasteiger partial charge in [-0.05, 0) is 61.4 Å². The van der Waals surface area contributed by atoms with E-state index in [9.17, 15) is 0 Å². The molecular weight excluding hydrogens is 315 g/mol. The van der Waals surface area contributed by atoms with Gasteiger partial charge in [-0.15, -0.1) is 0 Å². The lowest BCUT2D eigenvalue weighted by molar-refractivity contribution is 0.506. The minimum absolute atomic E-state index is 0.0136. The van der Waals surface area contributed by atoms with Gasteiger partial charge in [-0.1, -0.05) is 57.0 Å². The number of unbranched alkanes of at least 4 members (excludes halogenated alkanes) is 2. The van der Waals surface area contributed by atoms with Crippen LogP contribution in [0.3, 0.4) is 0 Å². The summed E-state index contributed by atoms with van der Waals surface area (Å²) < 4.78 is 11.9. The molecule has 1 atom stereocenters. The molecule has 0 heterocycles. The van der Waals surface area contributed by atoms with Gasteiger partial charge < -0.3 is 9.05 Å². The second-order valence-electron chi connectivity index (χ2n) is 6.15. The Morgan fingerprint density at radius 2 is 1.46 bits per heavy atom. The molecule has 24 heavy (non-hydrogen) atoms. The highest BCUT2D eigenvalue weighted by Crippen LogP contribution is 2.32. The van der Waals surface area contributed by atoms with E-state index in [0.717, 1.165) is 24.3 Å². The number of hydrogen-bond acceptors (Lipinski definition) is 2. The SMILES string of the molecule is CCCCc1ccccc1OPOc1cccc(C)c1CCCC. The van der Waals surface area contributed by atoms with Crippen molar-refractivity contribution in [3.05, 3.63) is 59.2 Å². The number of para-hydroxylation sites is 1. The summed E-state index contributed by atoms with van der Waals surface area (Å²) in [5, 5.41) is 0. The van der Waals surface area contributed by atoms with E-state index in [1.165, 1.54) is 42.4 Å². The van der Waals surface area contributed by atoms with Crippen molar-refractivity contribution in [3.8, 4) is 11.5 Å². The molecular formula is C21H29O2P. The van der Waals surface area contributed by atoms with E-state index in [1.807, 2.05) is 12.1 Å². The summed E-state index contributed by atoms with van der Waals surface area (Å²) in [5.41, 5.74) is 3.88. The molecule has 0 saturated carbocycles. The van der Waals surface area contributed by atoms with E-state index in [0.29, 0.717) is 0 Å². The minimum Gasteiger partial charge on any atom is -0.440 e. The molecule has 0 aliphatic carbocycles. The number of aryl methyl sites for hydroxylation is 2. The molecule has 0 N–H and O–H groups in total. The van der Waals surface area contributed by atoms with Gasteiger partial charge in [0, 0.05) is 0 Å². The van der Waals surface area contributed by atoms with Crippen LogP contribution in [0.1, 0.15) is 56.2 Å². The van der Waals surface area contributed by atoms with E-state index >= 15 is 0 Å². The van der Waals surface area contributed by atoms with Crippen LogP contribution in [-0.4, -0.2) is 0 Å². The predicted octanol–water partition coefficient (Wildman–Crippen LogP) is 6.65. The Hall–Kier alpha value is -1.53. The van der Waals surface area contributed by atoms with Gasteiger partial charge in [-0.3, -0.25) is 0 Å². The maximum Gasteiger partial charge on any atom is 0.275 e. The fourth-order valence-corrected chi connectivity index (χ4v) is 3.34. The molecule has 0 bridgehead atoms. The Bertz CT molecular complexity index is 625. The predicted molar refractivity (Wildman–Crippen MR) is 104 cm³/mol. The first-order valence-electron chi connectivity index (χ1n) is 9.01. The maximum atomic E-state index is 5.98. The first-order valence-corrected chi connectivity index (χ1v) is 9.83. The standard InChI is InChI=1S/C21H29O2P/c1-4-6-12-18-13-8-9-15-20(18)22-24-23-21-16-10-11-17(3)19(21)14-7-5-2/h8-11,13,15-16,24H,4-7,12,14H2,1-3H3. The van der Waals surface area contributed by atoms with Crippen LogP contribution in [0.2, 0.25) is 0 Å². The molecule has 1 unspecified atom stereocenters. The lowest BCUT2D eigenvalue weighted by Crippen LogP contribution is -1.96. The Balaban J connectivity index is 1.98. The quantitative estimate of drug-likeness (QED) is 0.449. The highest BCUT2D eigenvalue weighted by molar-refractivity contribution is 7.27. The summed E-state index contributed by atoms with van der Waals surface area (Å²) in [4.78, 5) is 0. The van der Waals surface area contributed by atoms with E-state index in [-0.39, 0.29) is 9.03 Å². The summed E-state index contributed by atoms with van der Waals surface area (Å²) in [7, 11) is -0.0136. The summed E-state index contributed by atoms with van der Waals surface area (Å²) in [6.07, 6.45) is 6.88. The largest absolute Gasteiger partial charge is 0.440 e. The molecule has 0 spiro atoms. The van der Waals surface area contributed by atoms with Crippen LogP contribution in [0, 0.1) is 6.92 Å². The zero-order valence-corrected chi connectivity index (χ0v) is 16.1. The number of rotatable bonds is 10. The van der Waals surface area contributed by atoms with Crippen molar-refractivity contribution in [1.29, 1.82) is 0 Å². The molecule has 0 fully saturated rings. The lowest BCUT2D eigenvalue weighted by Gasteiger charge is -2.15. The number of hydrogen-bond donors (Lipinski definition) is 0. The first kappa shape index (κ1) is 18.8. The third kappa shape index (κ3) is 5.53. The molecule has 0 aliphatic heterocycles. The Labute approximate surface area is 148 Å². The molecule has 0 aromatic heterocycles. The summed E-state index contributed by atoms with van der Waals surface area (Å²) in [6.45, 7) is 6.59. The molecule has 0 aliphatic rings. The van der Waals surface area contributed by atoms with Crippen molar-refractivity contribution in [3.63, 3.8) is 0 Å². The normalized spacial score (nSPS) is 11.1. The molecule has 2 rings (SSSR count). The van der Waals surface area contributed by atoms with Crippen LogP contribution in [0.15, 0.2) is 42.5 Å². The number of benzene rings is 2. The van der Waals surface area contributed by atoms with Crippen molar-refractivity contribution in [2.45, 2.75) is 59.3 Å². The lowest BCUT2D eigenvalue weighted by atomic mass is 10.0. The molecule has 0 amide bonds. The Morgan fingerprint density at radius 1 is 0.792 bits per heavy atom. The molecule has 0 radical (unpaired) electrons. The highest BCUT2D eigenvalue weighted by Gasteiger charge is 2.08. The van der Waals surface area contributed by atoms with Crippen LogP contribution < -0.4 is 9.05 Å². The van der Waals surface area contributed by atoms with Gasteiger partial charge >= 0.3 is 0 Å². The molecule has 2 nitrogen and oxygen atoms in total. The van der Waals surface area contributed by atoms with Crippen LogP contribution in [0.25, 0.3) is 0 Å². The molecule has 0 saturated heterocycles. The fourth-order valence-electron chi connectivity index (χ4n) is 2.73. The van der Waals surface area contributed by atoms with Crippen molar-refractivity contribution in [2.75, 3.05) is 0 Å². The average Bonchev–Trinajstić information content (AvgIpc) is 2.60. The average molecular weight is 344 g/mol. The monoisotopic (exact) mass is 344 g/mol. The van der Waals surface area contributed by atoms with Crippen LogP contribution in [-0.2, 0) is 12.8 Å². The topological polar surface area (TPSA) is 18.5 Å². The van der Waals surface area contributed by atoms with Crippen LogP contribution in [0.5, 0.6) is 11.5 Å². The Morgan fingerprint density at radius 3 is 2.25 bits per heavy atom. The van der Waals surface area contributed by atoms with E-state index in [2.05, 4.69) is 51.1 Å². The van der Waals surface area contributed by atoms with Gasteiger partial charge in [-0.2, -0.15) is 0 Å². The van der Waals surface area contributed by atoms with E-state index in [1.54, 1.807) is 0 Å². The summed E-state index contributed by atoms with van der Waals surface area (Å²) >= 11 is 0. The third-order valence-corrected chi connectivity index (χ3v) is 4.83. The highest BCUT2D eigenvalue weighted by atomic mass is 31.1. The maximum absolute atomic E-state index is 5.98. The first-order chi connectivity index (χ1) is 11.8. The van der Waals surface area contributed by atoms with Gasteiger partial charge in [0.05, 0.1) is 0 Å². The van der Waals surface area contributed by atoms with Crippen molar-refractivity contribution in [2.24, 2.45) is 0 Å². The van der Waals surface area contributed by atoms with Gasteiger partial charge in [0.15, 0.2) is 0 Å². The summed E-state index contributed by atoms with van der Waals surface area (Å²) in [5.74, 6) is 1.92. The third-order valence-electron chi connectivity index (χ3n) is 4.22. The van der Waals surface area contributed by atoms with Crippen molar-refractivity contribution >= 4 is 9.03 Å². The van der Waals surface area contributed by atoms with Crippen LogP contribution >= 0.6 is 9.03 Å². The van der Waals surface area contributed by atoms with Crippen molar-refractivity contribution in [1.82, 2.24) is 0 Å². The molecule has 130 valence electrons. The van der Waals surface area contributed by atoms with Gasteiger partial charge in [0.25, 0.3) is 9.03 Å². The summed E-state index contributed by atoms with van der Waals surface area (Å²) in [6, 6.07) is 14.5. The second-order valence-corrected chi connectivity index (χ2v) is 6.73. The smallest absolute Gasteiger partial charge is 0.275 e. The van der Waals surface area contributed by atoms with E-state index in [4.69, 9.17) is 9.05 Å². The van der Waals surface area contributed by atoms with Crippen molar-refractivity contribution < 1.29 is 9.05 Å². The van der Waals surface area contributed by atoms with Gasteiger partial charge in [0.2, 0.25) is 0 Å². The van der Waals surface area contributed by atoms with Crippen LogP contribution in [0.4, 0.5) is 0 Å². The minimum atomic E-state index is -0.0136. The zero-order valence-electron chi connectivity index (χ0n) is 15.1.